The summed E-state index contributed by atoms with van der Waals surface area (Å²) in [5.41, 5.74) is 0. The fraction of sp³-hybridized carbons (Fsp3) is 0.812. The molecule has 326 valence electrons. The van der Waals surface area contributed by atoms with Gasteiger partial charge in [-0.05, 0) is 88.1 Å². The smallest absolute Gasteiger partial charge is 0.319 e. The van der Waals surface area contributed by atoms with Gasteiger partial charge in [0.1, 0.15) is 18.1 Å². The van der Waals surface area contributed by atoms with Crippen LogP contribution in [0.2, 0.25) is 18.1 Å². The van der Waals surface area contributed by atoms with Crippen LogP contribution in [0.5, 0.6) is 0 Å². The number of benzene rings is 1. The van der Waals surface area contributed by atoms with Gasteiger partial charge >= 0.3 is 5.97 Å². The predicted molar refractivity (Wildman–Crippen MR) is 238 cm³/mol. The van der Waals surface area contributed by atoms with E-state index >= 15 is 0 Å². The first-order chi connectivity index (χ1) is 27.5. The van der Waals surface area contributed by atoms with Crippen LogP contribution in [0.25, 0.3) is 0 Å². The standard InChI is InChI=1S/C48H82O7SSi/c1-8-9-10-11-12-16-19-25-30-41-40(51-37-50-5)32-33-44(52-41)45-35-34-43(53-45)42-31-26-20-17-14-13-15-18-22-27-38(55-57(6,7)48(2,3)4)36-46(47(49)54-42)56-39-28-23-21-24-29-39/h20-21,23-24,26,28-29,38,40-46H,8-19,22,25,27,30-37H2,1-7H3/b26-20-/t38-,40-,41+,42-,43-,44+,45+,46?/m1/s1. The summed E-state index contributed by atoms with van der Waals surface area (Å²) >= 11 is 1.63. The number of allylic oxidation sites excluding steroid dienone is 1. The van der Waals surface area contributed by atoms with Gasteiger partial charge in [-0.15, -0.1) is 11.8 Å². The number of methoxy groups -OCH3 is 1. The predicted octanol–water partition coefficient (Wildman–Crippen LogP) is 13.1. The Morgan fingerprint density at radius 2 is 1.42 bits per heavy atom. The second-order valence-electron chi connectivity index (χ2n) is 18.6. The van der Waals surface area contributed by atoms with Crippen molar-refractivity contribution in [2.75, 3.05) is 13.9 Å². The average Bonchev–Trinajstić information content (AvgIpc) is 3.68. The molecule has 0 N–H and O–H groups in total. The maximum Gasteiger partial charge on any atom is 0.319 e. The number of hydrogen-bond donors (Lipinski definition) is 0. The van der Waals surface area contributed by atoms with Crippen LogP contribution in [0, 0.1) is 0 Å². The Hall–Kier alpha value is -1.20. The van der Waals surface area contributed by atoms with Crippen molar-refractivity contribution < 1.29 is 32.9 Å². The third-order valence-electron chi connectivity index (χ3n) is 12.9. The van der Waals surface area contributed by atoms with Crippen LogP contribution in [0.1, 0.15) is 169 Å². The molecular formula is C48H82O7SSi. The van der Waals surface area contributed by atoms with E-state index in [4.69, 9.17) is 28.1 Å². The molecule has 4 rings (SSSR count). The van der Waals surface area contributed by atoms with Crippen LogP contribution in [0.15, 0.2) is 47.4 Å². The number of unbranched alkanes of at least 4 members (excludes halogenated alkanes) is 7. The monoisotopic (exact) mass is 831 g/mol. The van der Waals surface area contributed by atoms with E-state index in [1.807, 2.05) is 18.2 Å². The lowest BCUT2D eigenvalue weighted by atomic mass is 9.93. The summed E-state index contributed by atoms with van der Waals surface area (Å²) < 4.78 is 39.0. The van der Waals surface area contributed by atoms with Crippen LogP contribution < -0.4 is 0 Å². The molecule has 0 aliphatic carbocycles. The van der Waals surface area contributed by atoms with Crippen LogP contribution >= 0.6 is 11.8 Å². The van der Waals surface area contributed by atoms with Gasteiger partial charge in [0.05, 0.1) is 30.5 Å². The van der Waals surface area contributed by atoms with Crippen molar-refractivity contribution in [1.82, 2.24) is 0 Å². The number of carbonyl (C=O) groups excluding carboxylic acids is 1. The molecule has 0 radical (unpaired) electrons. The zero-order valence-electron chi connectivity index (χ0n) is 37.2. The van der Waals surface area contributed by atoms with Gasteiger partial charge in [-0.2, -0.15) is 0 Å². The molecule has 2 fully saturated rings. The molecule has 8 atom stereocenters. The Morgan fingerprint density at radius 1 is 0.772 bits per heavy atom. The van der Waals surface area contributed by atoms with Crippen molar-refractivity contribution in [3.8, 4) is 0 Å². The quantitative estimate of drug-likeness (QED) is 0.0476. The first kappa shape index (κ1) is 48.5. The Bertz CT molecular complexity index is 1250. The van der Waals surface area contributed by atoms with E-state index in [1.54, 1.807) is 18.9 Å². The maximum absolute atomic E-state index is 14.5. The molecule has 3 heterocycles. The largest absolute Gasteiger partial charge is 0.458 e. The molecule has 57 heavy (non-hydrogen) atoms. The molecule has 0 aromatic heterocycles. The van der Waals surface area contributed by atoms with Crippen LogP contribution in [0.4, 0.5) is 0 Å². The van der Waals surface area contributed by atoms with Crippen molar-refractivity contribution >= 4 is 26.0 Å². The zero-order chi connectivity index (χ0) is 40.9. The Balaban J connectivity index is 1.46. The summed E-state index contributed by atoms with van der Waals surface area (Å²) in [5.74, 6) is -0.150. The molecule has 2 saturated heterocycles. The lowest BCUT2D eigenvalue weighted by Crippen LogP contribution is -2.46. The molecule has 0 bridgehead atoms. The summed E-state index contributed by atoms with van der Waals surface area (Å²) in [5, 5.41) is -0.284. The highest BCUT2D eigenvalue weighted by molar-refractivity contribution is 8.00. The summed E-state index contributed by atoms with van der Waals surface area (Å²) in [6, 6.07) is 10.3. The van der Waals surface area contributed by atoms with Gasteiger partial charge in [-0.1, -0.05) is 135 Å². The molecule has 9 heteroatoms. The van der Waals surface area contributed by atoms with Crippen LogP contribution in [-0.2, 0) is 32.9 Å². The second-order valence-corrected chi connectivity index (χ2v) is 24.7. The molecule has 1 aromatic rings. The van der Waals surface area contributed by atoms with Gasteiger partial charge in [-0.25, -0.2) is 0 Å². The molecule has 3 aliphatic rings. The fourth-order valence-corrected chi connectivity index (χ4v) is 10.9. The molecule has 0 saturated carbocycles. The van der Waals surface area contributed by atoms with E-state index in [0.29, 0.717) is 19.6 Å². The first-order valence-corrected chi connectivity index (χ1v) is 27.0. The minimum Gasteiger partial charge on any atom is -0.458 e. The number of cyclic esters (lactones) is 1. The van der Waals surface area contributed by atoms with Gasteiger partial charge in [-0.3, -0.25) is 4.79 Å². The average molecular weight is 831 g/mol. The number of esters is 1. The van der Waals surface area contributed by atoms with Gasteiger partial charge in [0.15, 0.2) is 8.32 Å². The molecule has 1 unspecified atom stereocenters. The van der Waals surface area contributed by atoms with Crippen molar-refractivity contribution in [1.29, 1.82) is 0 Å². The zero-order valence-corrected chi connectivity index (χ0v) is 39.0. The van der Waals surface area contributed by atoms with Crippen molar-refractivity contribution in [2.24, 2.45) is 0 Å². The normalized spacial score (nSPS) is 29.6. The lowest BCUT2D eigenvalue weighted by Gasteiger charge is -2.40. The highest BCUT2D eigenvalue weighted by Gasteiger charge is 2.43. The minimum atomic E-state index is -2.07. The summed E-state index contributed by atoms with van der Waals surface area (Å²) in [6.07, 6.45) is 28.4. The highest BCUT2D eigenvalue weighted by Crippen LogP contribution is 2.40. The van der Waals surface area contributed by atoms with E-state index in [-0.39, 0.29) is 59.0 Å². The summed E-state index contributed by atoms with van der Waals surface area (Å²) in [7, 11) is -0.381. The van der Waals surface area contributed by atoms with E-state index in [9.17, 15) is 4.79 Å². The molecule has 0 amide bonds. The van der Waals surface area contributed by atoms with Crippen molar-refractivity contribution in [2.45, 2.75) is 240 Å². The van der Waals surface area contributed by atoms with Crippen LogP contribution in [-0.4, -0.2) is 76.2 Å². The fourth-order valence-electron chi connectivity index (χ4n) is 8.41. The van der Waals surface area contributed by atoms with Gasteiger partial charge < -0.3 is 28.1 Å². The molecular weight excluding hydrogens is 749 g/mol. The molecule has 7 nitrogen and oxygen atoms in total. The van der Waals surface area contributed by atoms with E-state index in [1.165, 1.54) is 70.6 Å². The highest BCUT2D eigenvalue weighted by atomic mass is 32.2. The molecule has 0 spiro atoms. The van der Waals surface area contributed by atoms with E-state index in [2.05, 4.69) is 65.1 Å². The van der Waals surface area contributed by atoms with Gasteiger partial charge in [0, 0.05) is 24.5 Å². The number of hydrogen-bond acceptors (Lipinski definition) is 8. The van der Waals surface area contributed by atoms with E-state index < -0.39 is 8.32 Å². The third kappa shape index (κ3) is 17.4. The Kier molecular flexibility index (Phi) is 22.3. The first-order valence-electron chi connectivity index (χ1n) is 23.2. The number of rotatable bonds is 18. The Morgan fingerprint density at radius 3 is 2.14 bits per heavy atom. The SMILES string of the molecule is CCCCCCCCCC[C@@H]1O[C@H]([C@@H]2CC[C@H]([C@H]3C/C=C\CCCCCCC[C@@H](O[Si](C)(C)C(C)(C)C)CC(Sc4ccccc4)C(=O)O3)O2)CC[C@H]1OCOC. The minimum absolute atomic E-state index is 0.0110. The summed E-state index contributed by atoms with van der Waals surface area (Å²) in [4.78, 5) is 15.6. The van der Waals surface area contributed by atoms with Gasteiger partial charge in [0.25, 0.3) is 0 Å². The van der Waals surface area contributed by atoms with E-state index in [0.717, 1.165) is 62.7 Å². The molecule has 3 aliphatic heterocycles. The summed E-state index contributed by atoms with van der Waals surface area (Å²) in [6.45, 7) is 14.1. The topological polar surface area (TPSA) is 72.5 Å². The number of thioether (sulfide) groups is 1. The Labute approximate surface area is 354 Å². The second kappa shape index (κ2) is 26.2. The third-order valence-corrected chi connectivity index (χ3v) is 18.6. The number of ether oxygens (including phenoxy) is 5. The maximum atomic E-state index is 14.5. The molecule has 1 aromatic carbocycles. The van der Waals surface area contributed by atoms with Crippen molar-refractivity contribution in [3.05, 3.63) is 42.5 Å². The lowest BCUT2D eigenvalue weighted by molar-refractivity contribution is -0.200. The van der Waals surface area contributed by atoms with Gasteiger partial charge in [0.2, 0.25) is 0 Å². The number of carbonyl (C=O) groups is 1. The van der Waals surface area contributed by atoms with Crippen molar-refractivity contribution in [3.63, 3.8) is 0 Å². The van der Waals surface area contributed by atoms with Crippen LogP contribution in [0.3, 0.4) is 0 Å².